The Morgan fingerprint density at radius 2 is 2.04 bits per heavy atom. The number of furan rings is 1. The van der Waals surface area contributed by atoms with Gasteiger partial charge in [0, 0.05) is 10.9 Å². The Morgan fingerprint density at radius 3 is 2.68 bits per heavy atom. The van der Waals surface area contributed by atoms with Gasteiger partial charge in [-0.1, -0.05) is 5.16 Å². The van der Waals surface area contributed by atoms with E-state index < -0.39 is 0 Å². The van der Waals surface area contributed by atoms with E-state index in [4.69, 9.17) is 13.7 Å². The normalized spacial score (nSPS) is 12.2. The van der Waals surface area contributed by atoms with Crippen molar-refractivity contribution >= 4 is 22.7 Å². The molecule has 1 atom stereocenters. The van der Waals surface area contributed by atoms with Crippen LogP contribution in [0.15, 0.2) is 27.1 Å². The maximum Gasteiger partial charge on any atom is 0.319 e. The number of benzene rings is 1. The van der Waals surface area contributed by atoms with Gasteiger partial charge in [-0.05, 0) is 45.9 Å². The molecule has 7 heteroatoms. The van der Waals surface area contributed by atoms with Gasteiger partial charge in [0.15, 0.2) is 5.76 Å². The summed E-state index contributed by atoms with van der Waals surface area (Å²) in [5.74, 6) is 2.03. The fraction of sp³-hybridized carbons (Fsp3) is 0.333. The molecule has 25 heavy (non-hydrogen) atoms. The van der Waals surface area contributed by atoms with Gasteiger partial charge in [0.05, 0.1) is 13.2 Å². The number of ether oxygens (including phenoxy) is 1. The van der Waals surface area contributed by atoms with Crippen LogP contribution >= 0.6 is 0 Å². The summed E-state index contributed by atoms with van der Waals surface area (Å²) in [5, 5.41) is 10.4. The molecule has 1 unspecified atom stereocenters. The van der Waals surface area contributed by atoms with Crippen LogP contribution in [0, 0.1) is 20.8 Å². The largest absolute Gasteiger partial charge is 0.497 e. The van der Waals surface area contributed by atoms with Gasteiger partial charge in [-0.25, -0.2) is 4.79 Å². The summed E-state index contributed by atoms with van der Waals surface area (Å²) in [6.07, 6.45) is 0. The number of anilines is 1. The van der Waals surface area contributed by atoms with Crippen LogP contribution in [0.5, 0.6) is 5.75 Å². The fourth-order valence-electron chi connectivity index (χ4n) is 2.83. The van der Waals surface area contributed by atoms with Crippen molar-refractivity contribution in [1.29, 1.82) is 0 Å². The second kappa shape index (κ2) is 6.51. The average molecular weight is 343 g/mol. The lowest BCUT2D eigenvalue weighted by atomic mass is 10.1. The zero-order chi connectivity index (χ0) is 18.1. The van der Waals surface area contributed by atoms with Gasteiger partial charge < -0.3 is 24.3 Å². The molecule has 0 aliphatic rings. The van der Waals surface area contributed by atoms with Crippen LogP contribution in [0.2, 0.25) is 0 Å². The summed E-state index contributed by atoms with van der Waals surface area (Å²) in [6.45, 7) is 7.35. The van der Waals surface area contributed by atoms with E-state index in [0.29, 0.717) is 22.9 Å². The molecule has 3 rings (SSSR count). The predicted molar refractivity (Wildman–Crippen MR) is 94.0 cm³/mol. The van der Waals surface area contributed by atoms with Crippen molar-refractivity contribution < 1.29 is 18.5 Å². The maximum absolute atomic E-state index is 12.3. The number of hydrogen-bond acceptors (Lipinski definition) is 5. The van der Waals surface area contributed by atoms with Crippen molar-refractivity contribution in [3.8, 4) is 5.75 Å². The molecule has 2 amide bonds. The summed E-state index contributed by atoms with van der Waals surface area (Å²) >= 11 is 0. The van der Waals surface area contributed by atoms with E-state index in [-0.39, 0.29) is 12.1 Å². The number of aromatic nitrogens is 1. The zero-order valence-corrected chi connectivity index (χ0v) is 14.9. The number of amides is 2. The number of urea groups is 1. The van der Waals surface area contributed by atoms with Crippen LogP contribution in [0.25, 0.3) is 11.0 Å². The van der Waals surface area contributed by atoms with Gasteiger partial charge in [0.25, 0.3) is 0 Å². The first kappa shape index (κ1) is 16.9. The Hall–Kier alpha value is -2.96. The summed E-state index contributed by atoms with van der Waals surface area (Å²) in [6, 6.07) is 4.98. The fourth-order valence-corrected chi connectivity index (χ4v) is 2.83. The van der Waals surface area contributed by atoms with Crippen molar-refractivity contribution in [3.05, 3.63) is 41.0 Å². The van der Waals surface area contributed by atoms with Crippen molar-refractivity contribution in [3.63, 3.8) is 0 Å². The van der Waals surface area contributed by atoms with E-state index >= 15 is 0 Å². The molecule has 0 saturated carbocycles. The maximum atomic E-state index is 12.3. The molecule has 2 N–H and O–H groups in total. The molecule has 7 nitrogen and oxygen atoms in total. The van der Waals surface area contributed by atoms with Crippen LogP contribution in [0.1, 0.15) is 35.7 Å². The van der Waals surface area contributed by atoms with Gasteiger partial charge in [0.2, 0.25) is 0 Å². The molecular weight excluding hydrogens is 322 g/mol. The molecular formula is C18H21N3O4. The van der Waals surface area contributed by atoms with Crippen LogP contribution in [0.4, 0.5) is 10.5 Å². The van der Waals surface area contributed by atoms with E-state index in [2.05, 4.69) is 15.8 Å². The Labute approximate surface area is 145 Å². The SMILES string of the molecule is COc1ccc2oc(C(C)NC(=O)Nc3c(C)noc3C)c(C)c2c1. The minimum Gasteiger partial charge on any atom is -0.497 e. The zero-order valence-electron chi connectivity index (χ0n) is 14.9. The molecule has 1 aromatic carbocycles. The molecule has 0 spiro atoms. The first-order chi connectivity index (χ1) is 11.9. The minimum absolute atomic E-state index is 0.307. The standard InChI is InChI=1S/C18H21N3O4/c1-9-14-8-13(23-5)6-7-15(14)24-17(9)11(3)19-18(22)20-16-10(2)21-25-12(16)4/h6-8,11H,1-5H3,(H2,19,20,22). The Kier molecular flexibility index (Phi) is 4.39. The number of aryl methyl sites for hydroxylation is 3. The minimum atomic E-state index is -0.348. The van der Waals surface area contributed by atoms with E-state index in [1.807, 2.05) is 32.0 Å². The molecule has 0 aliphatic heterocycles. The Bertz CT molecular complexity index is 906. The van der Waals surface area contributed by atoms with Crippen LogP contribution < -0.4 is 15.4 Å². The van der Waals surface area contributed by atoms with Gasteiger partial charge in [-0.15, -0.1) is 0 Å². The number of nitrogens with zero attached hydrogens (tertiary/aromatic N) is 1. The predicted octanol–water partition coefficient (Wildman–Crippen LogP) is 4.24. The number of fused-ring (bicyclic) bond motifs is 1. The molecule has 0 aliphatic carbocycles. The van der Waals surface area contributed by atoms with E-state index in [9.17, 15) is 4.79 Å². The molecule has 2 aromatic heterocycles. The number of hydrogen-bond donors (Lipinski definition) is 2. The summed E-state index contributed by atoms with van der Waals surface area (Å²) in [4.78, 5) is 12.3. The highest BCUT2D eigenvalue weighted by atomic mass is 16.5. The molecule has 132 valence electrons. The molecule has 0 bridgehead atoms. The number of carbonyl (C=O) groups excluding carboxylic acids is 1. The highest BCUT2D eigenvalue weighted by Crippen LogP contribution is 2.32. The monoisotopic (exact) mass is 343 g/mol. The summed E-state index contributed by atoms with van der Waals surface area (Å²) in [7, 11) is 1.63. The molecule has 3 aromatic rings. The van der Waals surface area contributed by atoms with Gasteiger partial charge in [-0.2, -0.15) is 0 Å². The number of nitrogens with one attached hydrogen (secondary N) is 2. The van der Waals surface area contributed by atoms with Gasteiger partial charge in [-0.3, -0.25) is 0 Å². The molecule has 0 radical (unpaired) electrons. The lowest BCUT2D eigenvalue weighted by Gasteiger charge is -2.13. The van der Waals surface area contributed by atoms with E-state index in [1.165, 1.54) is 0 Å². The molecule has 2 heterocycles. The van der Waals surface area contributed by atoms with Crippen LogP contribution in [-0.4, -0.2) is 18.3 Å². The van der Waals surface area contributed by atoms with Crippen molar-refractivity contribution in [1.82, 2.24) is 10.5 Å². The third-order valence-corrected chi connectivity index (χ3v) is 4.19. The first-order valence-corrected chi connectivity index (χ1v) is 7.98. The second-order valence-corrected chi connectivity index (χ2v) is 5.97. The van der Waals surface area contributed by atoms with Crippen molar-refractivity contribution in [2.75, 3.05) is 12.4 Å². The van der Waals surface area contributed by atoms with E-state index in [0.717, 1.165) is 22.3 Å². The van der Waals surface area contributed by atoms with Crippen LogP contribution in [0.3, 0.4) is 0 Å². The van der Waals surface area contributed by atoms with Crippen molar-refractivity contribution in [2.24, 2.45) is 0 Å². The lowest BCUT2D eigenvalue weighted by Crippen LogP contribution is -2.31. The number of methoxy groups -OCH3 is 1. The molecule has 0 fully saturated rings. The quantitative estimate of drug-likeness (QED) is 0.739. The third-order valence-electron chi connectivity index (χ3n) is 4.19. The highest BCUT2D eigenvalue weighted by Gasteiger charge is 2.20. The summed E-state index contributed by atoms with van der Waals surface area (Å²) in [5.41, 5.74) is 2.94. The highest BCUT2D eigenvalue weighted by molar-refractivity contribution is 5.91. The van der Waals surface area contributed by atoms with Crippen molar-refractivity contribution in [2.45, 2.75) is 33.7 Å². The lowest BCUT2D eigenvalue weighted by molar-refractivity contribution is 0.247. The second-order valence-electron chi connectivity index (χ2n) is 5.97. The number of rotatable bonds is 4. The smallest absolute Gasteiger partial charge is 0.319 e. The topological polar surface area (TPSA) is 89.5 Å². The van der Waals surface area contributed by atoms with E-state index in [1.54, 1.807) is 21.0 Å². The average Bonchev–Trinajstić information content (AvgIpc) is 3.08. The summed E-state index contributed by atoms with van der Waals surface area (Å²) < 4.78 is 16.2. The van der Waals surface area contributed by atoms with Gasteiger partial charge >= 0.3 is 6.03 Å². The molecule has 0 saturated heterocycles. The Balaban J connectivity index is 1.79. The van der Waals surface area contributed by atoms with Crippen LogP contribution in [-0.2, 0) is 0 Å². The number of carbonyl (C=O) groups is 1. The van der Waals surface area contributed by atoms with Gasteiger partial charge in [0.1, 0.15) is 28.5 Å². The third kappa shape index (κ3) is 3.17. The Morgan fingerprint density at radius 1 is 1.28 bits per heavy atom. The first-order valence-electron chi connectivity index (χ1n) is 7.98.